The highest BCUT2D eigenvalue weighted by atomic mass is 32.1. The minimum absolute atomic E-state index is 0.334. The van der Waals surface area contributed by atoms with Crippen molar-refractivity contribution in [3.8, 4) is 0 Å². The zero-order valence-corrected chi connectivity index (χ0v) is 14.5. The summed E-state index contributed by atoms with van der Waals surface area (Å²) in [6.07, 6.45) is 3.05. The summed E-state index contributed by atoms with van der Waals surface area (Å²) in [5.41, 5.74) is 1.43. The zero-order valence-electron chi connectivity index (χ0n) is 12.9. The number of para-hydroxylation sites is 1. The smallest absolute Gasteiger partial charge is 0.350 e. The van der Waals surface area contributed by atoms with Gasteiger partial charge in [0, 0.05) is 6.08 Å². The number of aromatic nitrogens is 2. The molecule has 0 aliphatic carbocycles. The molecule has 0 aliphatic rings. The van der Waals surface area contributed by atoms with Crippen molar-refractivity contribution in [2.45, 2.75) is 6.92 Å². The van der Waals surface area contributed by atoms with Crippen molar-refractivity contribution in [3.63, 3.8) is 0 Å². The molecule has 3 aromatic rings. The van der Waals surface area contributed by atoms with Crippen LogP contribution in [0, 0.1) is 6.92 Å². The first-order valence-corrected chi connectivity index (χ1v) is 8.60. The molecule has 122 valence electrons. The standard InChI is InChI=1S/C16H13N3O3S2/c1-9-14(15(21)22-2)24-16(17-9)19-12(20)7-8-13-18-10-5-3-4-6-11(10)23-13/h3-8H,1-2H3,(H,17,19,20). The molecule has 0 fully saturated rings. The van der Waals surface area contributed by atoms with E-state index in [0.717, 1.165) is 26.6 Å². The lowest BCUT2D eigenvalue weighted by Crippen LogP contribution is -2.07. The maximum Gasteiger partial charge on any atom is 0.350 e. The van der Waals surface area contributed by atoms with Gasteiger partial charge in [0.25, 0.3) is 0 Å². The van der Waals surface area contributed by atoms with Gasteiger partial charge >= 0.3 is 5.97 Å². The molecule has 0 atom stereocenters. The Labute approximate surface area is 145 Å². The number of carbonyl (C=O) groups is 2. The predicted molar refractivity (Wildman–Crippen MR) is 95.5 cm³/mol. The number of hydrogen-bond donors (Lipinski definition) is 1. The summed E-state index contributed by atoms with van der Waals surface area (Å²) in [4.78, 5) is 32.5. The summed E-state index contributed by atoms with van der Waals surface area (Å²) in [5.74, 6) is -0.796. The van der Waals surface area contributed by atoms with Crippen LogP contribution in [0.2, 0.25) is 0 Å². The van der Waals surface area contributed by atoms with E-state index in [0.29, 0.717) is 15.7 Å². The molecule has 24 heavy (non-hydrogen) atoms. The number of nitrogens with one attached hydrogen (secondary N) is 1. The number of esters is 1. The lowest BCUT2D eigenvalue weighted by Gasteiger charge is -1.94. The van der Waals surface area contributed by atoms with E-state index in [1.54, 1.807) is 13.0 Å². The van der Waals surface area contributed by atoms with Crippen LogP contribution in [0.1, 0.15) is 20.4 Å². The van der Waals surface area contributed by atoms with Crippen molar-refractivity contribution in [1.29, 1.82) is 0 Å². The normalized spacial score (nSPS) is 11.1. The summed E-state index contributed by atoms with van der Waals surface area (Å²) in [6, 6.07) is 7.78. The molecule has 8 heteroatoms. The lowest BCUT2D eigenvalue weighted by molar-refractivity contribution is -0.111. The Bertz CT molecular complexity index is 910. The first kappa shape index (κ1) is 16.3. The quantitative estimate of drug-likeness (QED) is 0.569. The highest BCUT2D eigenvalue weighted by molar-refractivity contribution is 7.19. The lowest BCUT2D eigenvalue weighted by atomic mass is 10.3. The Balaban J connectivity index is 1.70. The van der Waals surface area contributed by atoms with E-state index < -0.39 is 5.97 Å². The summed E-state index contributed by atoms with van der Waals surface area (Å²) >= 11 is 2.59. The summed E-state index contributed by atoms with van der Waals surface area (Å²) in [6.45, 7) is 1.69. The van der Waals surface area contributed by atoms with Crippen LogP contribution in [0.15, 0.2) is 30.3 Å². The fourth-order valence-corrected chi connectivity index (χ4v) is 3.75. The van der Waals surface area contributed by atoms with Gasteiger partial charge in [0.15, 0.2) is 5.13 Å². The Morgan fingerprint density at radius 1 is 1.21 bits per heavy atom. The van der Waals surface area contributed by atoms with Crippen LogP contribution in [0.4, 0.5) is 5.13 Å². The Morgan fingerprint density at radius 2 is 2.00 bits per heavy atom. The van der Waals surface area contributed by atoms with E-state index in [-0.39, 0.29) is 5.91 Å². The van der Waals surface area contributed by atoms with Gasteiger partial charge in [0.2, 0.25) is 5.91 Å². The maximum atomic E-state index is 12.0. The van der Waals surface area contributed by atoms with Crippen molar-refractivity contribution in [2.24, 2.45) is 0 Å². The molecule has 1 N–H and O–H groups in total. The van der Waals surface area contributed by atoms with E-state index in [4.69, 9.17) is 0 Å². The average Bonchev–Trinajstić information content (AvgIpc) is 3.15. The minimum atomic E-state index is -0.462. The van der Waals surface area contributed by atoms with Gasteiger partial charge in [-0.15, -0.1) is 11.3 Å². The second-order valence-corrected chi connectivity index (χ2v) is 6.83. The summed E-state index contributed by atoms with van der Waals surface area (Å²) in [5, 5.41) is 3.74. The van der Waals surface area contributed by atoms with Crippen LogP contribution in [-0.4, -0.2) is 29.0 Å². The third-order valence-electron chi connectivity index (χ3n) is 3.09. The minimum Gasteiger partial charge on any atom is -0.465 e. The van der Waals surface area contributed by atoms with Crippen LogP contribution in [0.25, 0.3) is 16.3 Å². The van der Waals surface area contributed by atoms with E-state index in [1.165, 1.54) is 24.5 Å². The van der Waals surface area contributed by atoms with Crippen molar-refractivity contribution in [2.75, 3.05) is 12.4 Å². The number of amides is 1. The molecule has 0 bridgehead atoms. The van der Waals surface area contributed by atoms with Gasteiger partial charge in [0.1, 0.15) is 9.88 Å². The van der Waals surface area contributed by atoms with E-state index in [9.17, 15) is 9.59 Å². The van der Waals surface area contributed by atoms with Gasteiger partial charge < -0.3 is 4.74 Å². The van der Waals surface area contributed by atoms with Crippen molar-refractivity contribution in [3.05, 3.63) is 45.9 Å². The monoisotopic (exact) mass is 359 g/mol. The van der Waals surface area contributed by atoms with Gasteiger partial charge in [-0.2, -0.15) is 0 Å². The maximum absolute atomic E-state index is 12.0. The van der Waals surface area contributed by atoms with Gasteiger partial charge in [-0.05, 0) is 25.1 Å². The van der Waals surface area contributed by atoms with Gasteiger partial charge in [-0.3, -0.25) is 10.1 Å². The largest absolute Gasteiger partial charge is 0.465 e. The van der Waals surface area contributed by atoms with Crippen LogP contribution < -0.4 is 5.32 Å². The highest BCUT2D eigenvalue weighted by Crippen LogP contribution is 2.24. The van der Waals surface area contributed by atoms with Crippen LogP contribution >= 0.6 is 22.7 Å². The number of thiazole rings is 2. The Hall–Kier alpha value is -2.58. The molecule has 2 aromatic heterocycles. The van der Waals surface area contributed by atoms with E-state index >= 15 is 0 Å². The van der Waals surface area contributed by atoms with Gasteiger partial charge in [-0.25, -0.2) is 14.8 Å². The molecule has 1 aromatic carbocycles. The van der Waals surface area contributed by atoms with Crippen LogP contribution in [0.5, 0.6) is 0 Å². The molecule has 0 aliphatic heterocycles. The van der Waals surface area contributed by atoms with Crippen LogP contribution in [-0.2, 0) is 9.53 Å². The van der Waals surface area contributed by atoms with Crippen LogP contribution in [0.3, 0.4) is 0 Å². The molecular weight excluding hydrogens is 346 g/mol. The Kier molecular flexibility index (Phi) is 4.68. The van der Waals surface area contributed by atoms with Gasteiger partial charge in [0.05, 0.1) is 23.0 Å². The predicted octanol–water partition coefficient (Wildman–Crippen LogP) is 3.50. The number of aryl methyl sites for hydroxylation is 1. The van der Waals surface area contributed by atoms with E-state index in [1.807, 2.05) is 24.3 Å². The number of nitrogens with zero attached hydrogens (tertiary/aromatic N) is 2. The fraction of sp³-hybridized carbons (Fsp3) is 0.125. The number of methoxy groups -OCH3 is 1. The number of hydrogen-bond acceptors (Lipinski definition) is 7. The number of ether oxygens (including phenoxy) is 1. The molecule has 6 nitrogen and oxygen atoms in total. The molecular formula is C16H13N3O3S2. The number of fused-ring (bicyclic) bond motifs is 1. The molecule has 2 heterocycles. The number of carbonyl (C=O) groups excluding carboxylic acids is 2. The zero-order chi connectivity index (χ0) is 17.1. The van der Waals surface area contributed by atoms with E-state index in [2.05, 4.69) is 20.0 Å². The third-order valence-corrected chi connectivity index (χ3v) is 5.14. The summed E-state index contributed by atoms with van der Waals surface area (Å²) in [7, 11) is 1.31. The topological polar surface area (TPSA) is 81.2 Å². The molecule has 3 rings (SSSR count). The molecule has 0 unspecified atom stereocenters. The average molecular weight is 359 g/mol. The Morgan fingerprint density at radius 3 is 2.75 bits per heavy atom. The second-order valence-electron chi connectivity index (χ2n) is 4.77. The molecule has 0 spiro atoms. The highest BCUT2D eigenvalue weighted by Gasteiger charge is 2.16. The number of rotatable bonds is 4. The molecule has 1 amide bonds. The van der Waals surface area contributed by atoms with Crippen molar-refractivity contribution >= 4 is 56.0 Å². The number of benzene rings is 1. The third kappa shape index (κ3) is 3.50. The van der Waals surface area contributed by atoms with Gasteiger partial charge in [-0.1, -0.05) is 23.5 Å². The second kappa shape index (κ2) is 6.90. The molecule has 0 radical (unpaired) electrons. The first-order valence-electron chi connectivity index (χ1n) is 6.97. The fourth-order valence-electron chi connectivity index (χ4n) is 1.99. The summed E-state index contributed by atoms with van der Waals surface area (Å²) < 4.78 is 5.73. The molecule has 0 saturated carbocycles. The van der Waals surface area contributed by atoms with Crippen molar-refractivity contribution < 1.29 is 14.3 Å². The first-order chi connectivity index (χ1) is 11.6. The SMILES string of the molecule is COC(=O)c1sc(NC(=O)C=Cc2nc3ccccc3s2)nc1C. The number of anilines is 1. The molecule has 0 saturated heterocycles. The van der Waals surface area contributed by atoms with Crippen molar-refractivity contribution in [1.82, 2.24) is 9.97 Å².